The zero-order chi connectivity index (χ0) is 8.97. The van der Waals surface area contributed by atoms with E-state index in [1.807, 2.05) is 18.2 Å². The zero-order valence-electron chi connectivity index (χ0n) is 6.50. The van der Waals surface area contributed by atoms with Gasteiger partial charge in [0, 0.05) is 11.4 Å². The number of nitrogens with two attached hydrogens (primary N) is 1. The Kier molecular flexibility index (Phi) is 3.09. The SMILES string of the molecule is N#C[C@H](N)Cc1ccc(Cl)cc1. The molecule has 0 unspecified atom stereocenters. The maximum Gasteiger partial charge on any atom is 0.0968 e. The van der Waals surface area contributed by atoms with Crippen molar-refractivity contribution < 1.29 is 0 Å². The van der Waals surface area contributed by atoms with E-state index in [-0.39, 0.29) is 0 Å². The van der Waals surface area contributed by atoms with E-state index in [4.69, 9.17) is 22.6 Å². The molecular weight excluding hydrogens is 172 g/mol. The summed E-state index contributed by atoms with van der Waals surface area (Å²) in [5.74, 6) is 0. The molecule has 12 heavy (non-hydrogen) atoms. The van der Waals surface area contributed by atoms with E-state index in [9.17, 15) is 0 Å². The van der Waals surface area contributed by atoms with Gasteiger partial charge in [-0.25, -0.2) is 0 Å². The monoisotopic (exact) mass is 180 g/mol. The molecule has 0 bridgehead atoms. The van der Waals surface area contributed by atoms with Gasteiger partial charge in [-0.05, 0) is 17.7 Å². The van der Waals surface area contributed by atoms with Gasteiger partial charge in [-0.2, -0.15) is 5.26 Å². The van der Waals surface area contributed by atoms with Gasteiger partial charge in [0.2, 0.25) is 0 Å². The molecule has 1 atom stereocenters. The van der Waals surface area contributed by atoms with Crippen LogP contribution in [-0.2, 0) is 6.42 Å². The fourth-order valence-electron chi connectivity index (χ4n) is 0.920. The van der Waals surface area contributed by atoms with Gasteiger partial charge in [0.25, 0.3) is 0 Å². The van der Waals surface area contributed by atoms with Gasteiger partial charge in [-0.15, -0.1) is 0 Å². The largest absolute Gasteiger partial charge is 0.316 e. The molecule has 0 saturated heterocycles. The zero-order valence-corrected chi connectivity index (χ0v) is 7.25. The van der Waals surface area contributed by atoms with Crippen LogP contribution in [0.25, 0.3) is 0 Å². The van der Waals surface area contributed by atoms with Crippen LogP contribution in [0.3, 0.4) is 0 Å². The normalized spacial score (nSPS) is 12.1. The van der Waals surface area contributed by atoms with Crippen LogP contribution in [-0.4, -0.2) is 6.04 Å². The van der Waals surface area contributed by atoms with Gasteiger partial charge in [0.15, 0.2) is 0 Å². The van der Waals surface area contributed by atoms with Crippen LogP contribution in [0.2, 0.25) is 5.02 Å². The second kappa shape index (κ2) is 4.10. The highest BCUT2D eigenvalue weighted by Gasteiger charge is 2.00. The van der Waals surface area contributed by atoms with Gasteiger partial charge < -0.3 is 5.73 Å². The molecule has 0 aliphatic rings. The van der Waals surface area contributed by atoms with Crippen molar-refractivity contribution in [3.05, 3.63) is 34.9 Å². The first kappa shape index (κ1) is 9.05. The van der Waals surface area contributed by atoms with Gasteiger partial charge in [0.1, 0.15) is 0 Å². The lowest BCUT2D eigenvalue weighted by molar-refractivity contribution is 0.823. The molecule has 1 rings (SSSR count). The molecule has 2 nitrogen and oxygen atoms in total. The highest BCUT2D eigenvalue weighted by Crippen LogP contribution is 2.10. The predicted molar refractivity (Wildman–Crippen MR) is 48.7 cm³/mol. The highest BCUT2D eigenvalue weighted by molar-refractivity contribution is 6.30. The summed E-state index contributed by atoms with van der Waals surface area (Å²) in [5.41, 5.74) is 6.48. The van der Waals surface area contributed by atoms with Crippen molar-refractivity contribution in [1.29, 1.82) is 5.26 Å². The van der Waals surface area contributed by atoms with Crippen LogP contribution in [0.1, 0.15) is 5.56 Å². The first-order valence-corrected chi connectivity index (χ1v) is 4.00. The summed E-state index contributed by atoms with van der Waals surface area (Å²) in [6.45, 7) is 0. The third-order valence-electron chi connectivity index (χ3n) is 1.53. The minimum atomic E-state index is -0.425. The molecular formula is C9H9ClN2. The number of halogens is 1. The van der Waals surface area contributed by atoms with Crippen LogP contribution >= 0.6 is 11.6 Å². The average molecular weight is 181 g/mol. The van der Waals surface area contributed by atoms with Crippen molar-refractivity contribution in [3.63, 3.8) is 0 Å². The average Bonchev–Trinajstić information content (AvgIpc) is 2.09. The smallest absolute Gasteiger partial charge is 0.0968 e. The van der Waals surface area contributed by atoms with E-state index in [0.29, 0.717) is 11.4 Å². The lowest BCUT2D eigenvalue weighted by Gasteiger charge is -2.01. The van der Waals surface area contributed by atoms with Gasteiger partial charge >= 0.3 is 0 Å². The molecule has 62 valence electrons. The Morgan fingerprint density at radius 3 is 2.50 bits per heavy atom. The molecule has 0 spiro atoms. The van der Waals surface area contributed by atoms with Crippen LogP contribution in [0.5, 0.6) is 0 Å². The lowest BCUT2D eigenvalue weighted by atomic mass is 10.1. The molecule has 0 amide bonds. The first-order chi connectivity index (χ1) is 5.72. The maximum absolute atomic E-state index is 8.45. The Morgan fingerprint density at radius 2 is 2.00 bits per heavy atom. The topological polar surface area (TPSA) is 49.8 Å². The quantitative estimate of drug-likeness (QED) is 0.754. The Hall–Kier alpha value is -1.04. The fraction of sp³-hybridized carbons (Fsp3) is 0.222. The van der Waals surface area contributed by atoms with E-state index < -0.39 is 6.04 Å². The number of benzene rings is 1. The summed E-state index contributed by atoms with van der Waals surface area (Å²) >= 11 is 5.69. The summed E-state index contributed by atoms with van der Waals surface area (Å²) in [6.07, 6.45) is 0.577. The summed E-state index contributed by atoms with van der Waals surface area (Å²) in [7, 11) is 0. The van der Waals surface area contributed by atoms with Crippen molar-refractivity contribution in [3.8, 4) is 6.07 Å². The van der Waals surface area contributed by atoms with Gasteiger partial charge in [-0.1, -0.05) is 23.7 Å². The van der Waals surface area contributed by atoms with E-state index in [1.165, 1.54) is 0 Å². The van der Waals surface area contributed by atoms with E-state index >= 15 is 0 Å². The predicted octanol–water partition coefficient (Wildman–Crippen LogP) is 1.73. The van der Waals surface area contributed by atoms with Crippen molar-refractivity contribution >= 4 is 11.6 Å². The molecule has 0 heterocycles. The minimum Gasteiger partial charge on any atom is -0.316 e. The maximum atomic E-state index is 8.45. The summed E-state index contributed by atoms with van der Waals surface area (Å²) in [6, 6.07) is 8.88. The van der Waals surface area contributed by atoms with Crippen molar-refractivity contribution in [2.24, 2.45) is 5.73 Å². The molecule has 0 radical (unpaired) electrons. The lowest BCUT2D eigenvalue weighted by Crippen LogP contribution is -2.19. The number of hydrogen-bond acceptors (Lipinski definition) is 2. The molecule has 1 aromatic carbocycles. The molecule has 0 aliphatic heterocycles. The second-order valence-electron chi connectivity index (χ2n) is 2.57. The number of rotatable bonds is 2. The molecule has 0 aliphatic carbocycles. The summed E-state index contributed by atoms with van der Waals surface area (Å²) in [4.78, 5) is 0. The third-order valence-corrected chi connectivity index (χ3v) is 1.79. The number of nitriles is 1. The third kappa shape index (κ3) is 2.54. The molecule has 2 N–H and O–H groups in total. The van der Waals surface area contributed by atoms with E-state index in [1.54, 1.807) is 12.1 Å². The van der Waals surface area contributed by atoms with Gasteiger partial charge in [-0.3, -0.25) is 0 Å². The molecule has 0 saturated carbocycles. The van der Waals surface area contributed by atoms with Crippen LogP contribution in [0.4, 0.5) is 0 Å². The first-order valence-electron chi connectivity index (χ1n) is 3.62. The minimum absolute atomic E-state index is 0.425. The standard InChI is InChI=1S/C9H9ClN2/c10-8-3-1-7(2-4-8)5-9(12)6-11/h1-4,9H,5,12H2/t9-/m1/s1. The molecule has 3 heteroatoms. The highest BCUT2D eigenvalue weighted by atomic mass is 35.5. The fourth-order valence-corrected chi connectivity index (χ4v) is 1.05. The Bertz CT molecular complexity index is 286. The van der Waals surface area contributed by atoms with Gasteiger partial charge in [0.05, 0.1) is 12.1 Å². The Labute approximate surface area is 76.6 Å². The summed E-state index contributed by atoms with van der Waals surface area (Å²) < 4.78 is 0. The Morgan fingerprint density at radius 1 is 1.42 bits per heavy atom. The Balaban J connectivity index is 2.66. The summed E-state index contributed by atoms with van der Waals surface area (Å²) in [5, 5.41) is 9.15. The number of hydrogen-bond donors (Lipinski definition) is 1. The van der Waals surface area contributed by atoms with Crippen LogP contribution in [0.15, 0.2) is 24.3 Å². The van der Waals surface area contributed by atoms with Crippen molar-refractivity contribution in [1.82, 2.24) is 0 Å². The van der Waals surface area contributed by atoms with E-state index in [0.717, 1.165) is 5.56 Å². The molecule has 0 aromatic heterocycles. The second-order valence-corrected chi connectivity index (χ2v) is 3.00. The van der Waals surface area contributed by atoms with Crippen LogP contribution < -0.4 is 5.73 Å². The number of nitrogens with zero attached hydrogens (tertiary/aromatic N) is 1. The molecule has 0 fully saturated rings. The van der Waals surface area contributed by atoms with Crippen molar-refractivity contribution in [2.75, 3.05) is 0 Å². The van der Waals surface area contributed by atoms with Crippen molar-refractivity contribution in [2.45, 2.75) is 12.5 Å². The van der Waals surface area contributed by atoms with Crippen LogP contribution in [0, 0.1) is 11.3 Å². The molecule has 1 aromatic rings. The van der Waals surface area contributed by atoms with E-state index in [2.05, 4.69) is 0 Å².